The SMILES string of the molecule is C=C(C)C(=O)O.CCCCCCCCCCCCCC=C(C)C(=O)O. The Bertz CT molecular complexity index is 385. The fraction of sp³-hybridized carbons (Fsp3) is 0.714. The van der Waals surface area contributed by atoms with Gasteiger partial charge in [0.25, 0.3) is 0 Å². The first-order valence-corrected chi connectivity index (χ1v) is 9.61. The van der Waals surface area contributed by atoms with Gasteiger partial charge in [0.05, 0.1) is 0 Å². The Balaban J connectivity index is 0. The minimum atomic E-state index is -0.935. The zero-order chi connectivity index (χ0) is 19.5. The van der Waals surface area contributed by atoms with E-state index in [4.69, 9.17) is 10.2 Å². The van der Waals surface area contributed by atoms with Gasteiger partial charge in [0.1, 0.15) is 0 Å². The van der Waals surface area contributed by atoms with Gasteiger partial charge in [-0.3, -0.25) is 0 Å². The van der Waals surface area contributed by atoms with Crippen molar-refractivity contribution in [2.75, 3.05) is 0 Å². The van der Waals surface area contributed by atoms with E-state index in [9.17, 15) is 9.59 Å². The highest BCUT2D eigenvalue weighted by Crippen LogP contribution is 2.12. The third-order valence-corrected chi connectivity index (χ3v) is 3.96. The van der Waals surface area contributed by atoms with Crippen LogP contribution in [-0.2, 0) is 9.59 Å². The van der Waals surface area contributed by atoms with Crippen LogP contribution in [0.2, 0.25) is 0 Å². The summed E-state index contributed by atoms with van der Waals surface area (Å²) in [6.45, 7) is 8.53. The molecule has 2 N–H and O–H groups in total. The number of carbonyl (C=O) groups is 2. The molecule has 0 unspecified atom stereocenters. The highest BCUT2D eigenvalue weighted by Gasteiger charge is 1.98. The normalized spacial score (nSPS) is 10.8. The van der Waals surface area contributed by atoms with E-state index >= 15 is 0 Å². The van der Waals surface area contributed by atoms with Crippen molar-refractivity contribution < 1.29 is 19.8 Å². The largest absolute Gasteiger partial charge is 0.478 e. The molecule has 0 bridgehead atoms. The van der Waals surface area contributed by atoms with Crippen molar-refractivity contribution in [1.29, 1.82) is 0 Å². The third kappa shape index (κ3) is 22.4. The first-order valence-electron chi connectivity index (χ1n) is 9.61. The van der Waals surface area contributed by atoms with Crippen molar-refractivity contribution in [2.24, 2.45) is 0 Å². The topological polar surface area (TPSA) is 74.6 Å². The molecule has 0 rings (SSSR count). The molecule has 0 aliphatic heterocycles. The van der Waals surface area contributed by atoms with E-state index in [0.29, 0.717) is 5.57 Å². The monoisotopic (exact) mass is 354 g/mol. The summed E-state index contributed by atoms with van der Waals surface area (Å²) in [7, 11) is 0. The molecule has 0 aliphatic rings. The fourth-order valence-corrected chi connectivity index (χ4v) is 2.21. The maximum atomic E-state index is 10.6. The molecule has 0 atom stereocenters. The van der Waals surface area contributed by atoms with Crippen molar-refractivity contribution in [1.82, 2.24) is 0 Å². The van der Waals surface area contributed by atoms with Gasteiger partial charge in [-0.25, -0.2) is 9.59 Å². The number of allylic oxidation sites excluding steroid dienone is 1. The molecule has 4 nitrogen and oxygen atoms in total. The Hall–Kier alpha value is -1.58. The predicted octanol–water partition coefficient (Wildman–Crippen LogP) is 6.37. The Labute approximate surface area is 154 Å². The smallest absolute Gasteiger partial charge is 0.330 e. The van der Waals surface area contributed by atoms with Crippen LogP contribution in [0.15, 0.2) is 23.8 Å². The van der Waals surface area contributed by atoms with Crippen LogP contribution in [0.5, 0.6) is 0 Å². The van der Waals surface area contributed by atoms with Crippen LogP contribution < -0.4 is 0 Å². The van der Waals surface area contributed by atoms with Crippen molar-refractivity contribution in [3.05, 3.63) is 23.8 Å². The van der Waals surface area contributed by atoms with E-state index in [0.717, 1.165) is 12.8 Å². The van der Waals surface area contributed by atoms with Crippen molar-refractivity contribution in [2.45, 2.75) is 97.8 Å². The Morgan fingerprint density at radius 1 is 0.760 bits per heavy atom. The lowest BCUT2D eigenvalue weighted by Crippen LogP contribution is -1.95. The lowest BCUT2D eigenvalue weighted by atomic mass is 10.0. The number of carboxylic acids is 2. The molecule has 25 heavy (non-hydrogen) atoms. The third-order valence-electron chi connectivity index (χ3n) is 3.96. The second-order valence-electron chi connectivity index (χ2n) is 6.60. The zero-order valence-electron chi connectivity index (χ0n) is 16.5. The standard InChI is InChI=1S/C17H32O2.C4H6O2/c1-3-4-5-6-7-8-9-10-11-12-13-14-15-16(2)17(18)19;1-3(2)4(5)6/h15H,3-14H2,1-2H3,(H,18,19);1H2,2H3,(H,5,6). The van der Waals surface area contributed by atoms with Crippen LogP contribution >= 0.6 is 0 Å². The molecule has 146 valence electrons. The minimum Gasteiger partial charge on any atom is -0.478 e. The highest BCUT2D eigenvalue weighted by molar-refractivity contribution is 5.85. The Kier molecular flexibility index (Phi) is 19.2. The molecule has 0 aromatic carbocycles. The molecule has 0 saturated carbocycles. The van der Waals surface area contributed by atoms with Crippen molar-refractivity contribution >= 4 is 11.9 Å². The average molecular weight is 355 g/mol. The van der Waals surface area contributed by atoms with Crippen LogP contribution in [-0.4, -0.2) is 22.2 Å². The quantitative estimate of drug-likeness (QED) is 0.281. The summed E-state index contributed by atoms with van der Waals surface area (Å²) in [6.07, 6.45) is 17.5. The highest BCUT2D eigenvalue weighted by atomic mass is 16.4. The fourth-order valence-electron chi connectivity index (χ4n) is 2.21. The van der Waals surface area contributed by atoms with Gasteiger partial charge in [0.2, 0.25) is 0 Å². The summed E-state index contributed by atoms with van der Waals surface area (Å²) in [5, 5.41) is 16.6. The first-order chi connectivity index (χ1) is 11.8. The number of hydrogen-bond acceptors (Lipinski definition) is 2. The van der Waals surface area contributed by atoms with Crippen LogP contribution in [0.1, 0.15) is 97.8 Å². The van der Waals surface area contributed by atoms with Crippen LogP contribution in [0.25, 0.3) is 0 Å². The van der Waals surface area contributed by atoms with E-state index in [2.05, 4.69) is 13.5 Å². The molecule has 0 fully saturated rings. The molecule has 0 aromatic heterocycles. The average Bonchev–Trinajstić information content (AvgIpc) is 2.56. The van der Waals surface area contributed by atoms with Gasteiger partial charge < -0.3 is 10.2 Å². The first kappa shape index (κ1) is 25.7. The molecular formula is C21H38O4. The van der Waals surface area contributed by atoms with E-state index in [1.54, 1.807) is 6.92 Å². The molecule has 0 radical (unpaired) electrons. The van der Waals surface area contributed by atoms with Crippen LogP contribution in [0, 0.1) is 0 Å². The summed E-state index contributed by atoms with van der Waals surface area (Å²) < 4.78 is 0. The van der Waals surface area contributed by atoms with Gasteiger partial charge in [0.15, 0.2) is 0 Å². The summed E-state index contributed by atoms with van der Waals surface area (Å²) in [6, 6.07) is 0. The maximum Gasteiger partial charge on any atom is 0.330 e. The predicted molar refractivity (Wildman–Crippen MR) is 105 cm³/mol. The minimum absolute atomic E-state index is 0.176. The second kappa shape index (κ2) is 18.8. The van der Waals surface area contributed by atoms with Gasteiger partial charge in [-0.15, -0.1) is 0 Å². The lowest BCUT2D eigenvalue weighted by Gasteiger charge is -2.02. The van der Waals surface area contributed by atoms with Gasteiger partial charge in [-0.2, -0.15) is 0 Å². The van der Waals surface area contributed by atoms with E-state index in [1.165, 1.54) is 71.1 Å². The molecule has 0 amide bonds. The van der Waals surface area contributed by atoms with Gasteiger partial charge in [0, 0.05) is 11.1 Å². The second-order valence-corrected chi connectivity index (χ2v) is 6.60. The van der Waals surface area contributed by atoms with E-state index in [-0.39, 0.29) is 5.57 Å². The molecule has 0 aliphatic carbocycles. The Morgan fingerprint density at radius 2 is 1.12 bits per heavy atom. The molecular weight excluding hydrogens is 316 g/mol. The summed E-state index contributed by atoms with van der Waals surface area (Å²) in [4.78, 5) is 20.2. The van der Waals surface area contributed by atoms with Gasteiger partial charge in [-0.05, 0) is 26.7 Å². The van der Waals surface area contributed by atoms with Crippen molar-refractivity contribution in [3.63, 3.8) is 0 Å². The number of hydrogen-bond donors (Lipinski definition) is 2. The van der Waals surface area contributed by atoms with Gasteiger partial charge >= 0.3 is 11.9 Å². The molecule has 0 aromatic rings. The number of unbranched alkanes of at least 4 members (excludes halogenated alkanes) is 11. The summed E-state index contributed by atoms with van der Waals surface area (Å²) in [5.41, 5.74) is 0.655. The van der Waals surface area contributed by atoms with E-state index in [1.807, 2.05) is 6.08 Å². The Morgan fingerprint density at radius 3 is 1.44 bits per heavy atom. The van der Waals surface area contributed by atoms with Crippen LogP contribution in [0.4, 0.5) is 0 Å². The maximum absolute atomic E-state index is 10.6. The summed E-state index contributed by atoms with van der Waals surface area (Å²) >= 11 is 0. The zero-order valence-corrected chi connectivity index (χ0v) is 16.5. The molecule has 0 saturated heterocycles. The number of aliphatic carboxylic acids is 2. The van der Waals surface area contributed by atoms with E-state index < -0.39 is 11.9 Å². The molecule has 0 heterocycles. The van der Waals surface area contributed by atoms with Crippen LogP contribution in [0.3, 0.4) is 0 Å². The number of carboxylic acid groups (broad SMARTS) is 2. The molecule has 4 heteroatoms. The van der Waals surface area contributed by atoms with Gasteiger partial charge in [-0.1, -0.05) is 83.8 Å². The van der Waals surface area contributed by atoms with Crippen molar-refractivity contribution in [3.8, 4) is 0 Å². The number of rotatable bonds is 14. The molecule has 0 spiro atoms. The lowest BCUT2D eigenvalue weighted by molar-refractivity contribution is -0.133. The summed E-state index contributed by atoms with van der Waals surface area (Å²) in [5.74, 6) is -1.72.